The van der Waals surface area contributed by atoms with E-state index in [0.717, 1.165) is 0 Å². The molecule has 0 spiro atoms. The molecule has 1 aliphatic heterocycles. The summed E-state index contributed by atoms with van der Waals surface area (Å²) in [6.45, 7) is 0.352. The monoisotopic (exact) mass is 207 g/mol. The molecule has 1 rings (SSSR count). The molecule has 0 saturated carbocycles. The molecule has 1 aliphatic rings. The smallest absolute Gasteiger partial charge is 0.152 e. The molecule has 78 valence electrons. The molecule has 1 heterocycles. The van der Waals surface area contributed by atoms with Gasteiger partial charge in [-0.05, 0) is 6.42 Å². The molecule has 1 fully saturated rings. The Kier molecular flexibility index (Phi) is 2.96. The number of sulfone groups is 1. The number of nitrogens with one attached hydrogen (secondary N) is 1. The third-order valence-corrected chi connectivity index (χ3v) is 4.06. The maximum Gasteiger partial charge on any atom is 0.152 e. The number of nitrogens with zero attached hydrogens (tertiary/aromatic N) is 1. The third-order valence-electron chi connectivity index (χ3n) is 2.24. The molecule has 13 heavy (non-hydrogen) atoms. The third kappa shape index (κ3) is 2.63. The van der Waals surface area contributed by atoms with Gasteiger partial charge in [0.05, 0.1) is 17.0 Å². The molecule has 1 unspecified atom stereocenters. The Morgan fingerprint density at radius 2 is 2.15 bits per heavy atom. The van der Waals surface area contributed by atoms with E-state index in [4.69, 9.17) is 5.73 Å². The summed E-state index contributed by atoms with van der Waals surface area (Å²) < 4.78 is 22.5. The highest BCUT2D eigenvalue weighted by Gasteiger charge is 2.41. The molecule has 0 amide bonds. The van der Waals surface area contributed by atoms with Crippen molar-refractivity contribution in [1.82, 2.24) is 10.4 Å². The van der Waals surface area contributed by atoms with Crippen LogP contribution in [0.1, 0.15) is 6.42 Å². The predicted octanol–water partition coefficient (Wildman–Crippen LogP) is -1.43. The summed E-state index contributed by atoms with van der Waals surface area (Å²) in [4.78, 5) is 0. The van der Waals surface area contributed by atoms with Gasteiger partial charge in [0.2, 0.25) is 0 Å². The van der Waals surface area contributed by atoms with Crippen LogP contribution in [0.15, 0.2) is 0 Å². The van der Waals surface area contributed by atoms with Crippen LogP contribution in [-0.4, -0.2) is 51.1 Å². The molecule has 5 nitrogen and oxygen atoms in total. The van der Waals surface area contributed by atoms with E-state index in [1.54, 1.807) is 5.01 Å². The van der Waals surface area contributed by atoms with Gasteiger partial charge in [0.15, 0.2) is 9.84 Å². The van der Waals surface area contributed by atoms with Crippen LogP contribution in [0.25, 0.3) is 0 Å². The maximum absolute atomic E-state index is 11.3. The molecule has 1 atom stereocenters. The Morgan fingerprint density at radius 1 is 1.54 bits per heavy atom. The Labute approximate surface area is 79.2 Å². The molecule has 0 aliphatic carbocycles. The van der Waals surface area contributed by atoms with Gasteiger partial charge >= 0.3 is 0 Å². The van der Waals surface area contributed by atoms with E-state index in [1.807, 2.05) is 14.1 Å². The van der Waals surface area contributed by atoms with Gasteiger partial charge in [-0.15, -0.1) is 0 Å². The minimum atomic E-state index is -2.88. The van der Waals surface area contributed by atoms with E-state index in [9.17, 15) is 8.42 Å². The number of hydrogen-bond acceptors (Lipinski definition) is 5. The van der Waals surface area contributed by atoms with Crippen LogP contribution in [-0.2, 0) is 9.84 Å². The second-order valence-electron chi connectivity index (χ2n) is 3.83. The Hall–Kier alpha value is -0.170. The highest BCUT2D eigenvalue weighted by Crippen LogP contribution is 2.22. The van der Waals surface area contributed by atoms with Crippen molar-refractivity contribution < 1.29 is 8.42 Å². The summed E-state index contributed by atoms with van der Waals surface area (Å²) in [5, 5.41) is 1.76. The van der Waals surface area contributed by atoms with Crippen LogP contribution < -0.4 is 11.2 Å². The van der Waals surface area contributed by atoms with Gasteiger partial charge in [-0.1, -0.05) is 0 Å². The molecular formula is C7H17N3O2S. The first kappa shape index (κ1) is 10.9. The van der Waals surface area contributed by atoms with Gasteiger partial charge in [-0.25, -0.2) is 18.9 Å². The lowest BCUT2D eigenvalue weighted by molar-refractivity contribution is 0.180. The summed E-state index contributed by atoms with van der Waals surface area (Å²) >= 11 is 0. The zero-order valence-corrected chi connectivity index (χ0v) is 8.89. The molecule has 1 saturated heterocycles. The van der Waals surface area contributed by atoms with Gasteiger partial charge in [-0.3, -0.25) is 0 Å². The predicted molar refractivity (Wildman–Crippen MR) is 51.9 cm³/mol. The SMILES string of the molecule is CN(C)NC1(CN)CCS(=O)(=O)C1. The fourth-order valence-corrected chi connectivity index (χ4v) is 3.70. The van der Waals surface area contributed by atoms with Gasteiger partial charge in [0.25, 0.3) is 0 Å². The van der Waals surface area contributed by atoms with E-state index in [0.29, 0.717) is 13.0 Å². The molecule has 3 N–H and O–H groups in total. The first-order valence-corrected chi connectivity index (χ1v) is 6.07. The molecule has 0 aromatic heterocycles. The van der Waals surface area contributed by atoms with Crippen LogP contribution in [0, 0.1) is 0 Å². The van der Waals surface area contributed by atoms with Gasteiger partial charge in [-0.2, -0.15) is 0 Å². The van der Waals surface area contributed by atoms with Crippen LogP contribution in [0.3, 0.4) is 0 Å². The summed E-state index contributed by atoms with van der Waals surface area (Å²) in [7, 11) is 0.791. The van der Waals surface area contributed by atoms with Crippen LogP contribution in [0.2, 0.25) is 0 Å². The molecule has 0 bridgehead atoms. The van der Waals surface area contributed by atoms with Crippen LogP contribution in [0.5, 0.6) is 0 Å². The average Bonchev–Trinajstić information content (AvgIpc) is 2.26. The zero-order chi connectivity index (χ0) is 10.1. The van der Waals surface area contributed by atoms with E-state index < -0.39 is 15.4 Å². The lowest BCUT2D eigenvalue weighted by Gasteiger charge is -2.30. The van der Waals surface area contributed by atoms with Gasteiger partial charge < -0.3 is 5.73 Å². The highest BCUT2D eigenvalue weighted by molar-refractivity contribution is 7.91. The Morgan fingerprint density at radius 3 is 2.46 bits per heavy atom. The first-order valence-electron chi connectivity index (χ1n) is 4.25. The van der Waals surface area contributed by atoms with Crippen molar-refractivity contribution in [2.24, 2.45) is 5.73 Å². The molecular weight excluding hydrogens is 190 g/mol. The summed E-state index contributed by atoms with van der Waals surface area (Å²) in [5.74, 6) is 0.389. The lowest BCUT2D eigenvalue weighted by Crippen LogP contribution is -2.57. The first-order chi connectivity index (χ1) is 5.89. The normalized spacial score (nSPS) is 32.6. The molecule has 0 radical (unpaired) electrons. The summed E-state index contributed by atoms with van der Waals surface area (Å²) in [5.41, 5.74) is 8.23. The van der Waals surface area contributed by atoms with Crippen molar-refractivity contribution in [3.8, 4) is 0 Å². The fraction of sp³-hybridized carbons (Fsp3) is 1.00. The standard InChI is InChI=1S/C7H17N3O2S/c1-10(2)9-7(5-8)3-4-13(11,12)6-7/h9H,3-6,8H2,1-2H3. The molecule has 0 aromatic rings. The summed E-state index contributed by atoms with van der Waals surface area (Å²) in [6, 6.07) is 0. The number of rotatable bonds is 3. The number of hydrazine groups is 1. The largest absolute Gasteiger partial charge is 0.329 e. The average molecular weight is 207 g/mol. The Bertz CT molecular complexity index is 275. The van der Waals surface area contributed by atoms with Crippen molar-refractivity contribution in [3.63, 3.8) is 0 Å². The second-order valence-corrected chi connectivity index (χ2v) is 6.02. The van der Waals surface area contributed by atoms with Crippen molar-refractivity contribution >= 4 is 9.84 Å². The van der Waals surface area contributed by atoms with Crippen molar-refractivity contribution in [2.75, 3.05) is 32.1 Å². The minimum absolute atomic E-state index is 0.147. The highest BCUT2D eigenvalue weighted by atomic mass is 32.2. The van der Waals surface area contributed by atoms with Crippen molar-refractivity contribution in [2.45, 2.75) is 12.0 Å². The van der Waals surface area contributed by atoms with Crippen molar-refractivity contribution in [3.05, 3.63) is 0 Å². The van der Waals surface area contributed by atoms with Crippen LogP contribution in [0.4, 0.5) is 0 Å². The van der Waals surface area contributed by atoms with E-state index >= 15 is 0 Å². The maximum atomic E-state index is 11.3. The zero-order valence-electron chi connectivity index (χ0n) is 8.08. The minimum Gasteiger partial charge on any atom is -0.329 e. The van der Waals surface area contributed by atoms with Gasteiger partial charge in [0, 0.05) is 20.6 Å². The topological polar surface area (TPSA) is 75.4 Å². The Balaban J connectivity index is 2.74. The number of hydrogen-bond donors (Lipinski definition) is 2. The van der Waals surface area contributed by atoms with Crippen molar-refractivity contribution in [1.29, 1.82) is 0 Å². The van der Waals surface area contributed by atoms with E-state index in [1.165, 1.54) is 0 Å². The number of nitrogens with two attached hydrogens (primary N) is 1. The molecule has 0 aromatic carbocycles. The fourth-order valence-electron chi connectivity index (χ4n) is 1.69. The van der Waals surface area contributed by atoms with Gasteiger partial charge in [0.1, 0.15) is 0 Å². The summed E-state index contributed by atoms with van der Waals surface area (Å²) in [6.07, 6.45) is 0.601. The van der Waals surface area contributed by atoms with E-state index in [2.05, 4.69) is 5.43 Å². The van der Waals surface area contributed by atoms with Crippen LogP contribution >= 0.6 is 0 Å². The quantitative estimate of drug-likeness (QED) is 0.555. The lowest BCUT2D eigenvalue weighted by atomic mass is 10.0. The van der Waals surface area contributed by atoms with E-state index in [-0.39, 0.29) is 11.5 Å². The molecule has 6 heteroatoms. The second kappa shape index (κ2) is 3.53.